The van der Waals surface area contributed by atoms with Gasteiger partial charge in [-0.2, -0.15) is 5.26 Å². The smallest absolute Gasteiger partial charge is 0.350 e. The lowest BCUT2D eigenvalue weighted by atomic mass is 10.1. The number of anilines is 1. The van der Waals surface area contributed by atoms with Crippen LogP contribution in [-0.4, -0.2) is 16.8 Å². The molecule has 0 unspecified atom stereocenters. The summed E-state index contributed by atoms with van der Waals surface area (Å²) in [5.41, 5.74) is 0.428. The lowest BCUT2D eigenvalue weighted by Crippen LogP contribution is -2.13. The average Bonchev–Trinajstić information content (AvgIpc) is 2.79. The topological polar surface area (TPSA) is 122 Å². The maximum Gasteiger partial charge on any atom is 0.350 e. The summed E-state index contributed by atoms with van der Waals surface area (Å²) in [6.07, 6.45) is 1.39. The molecule has 0 saturated heterocycles. The molecule has 0 atom stereocenters. The first kappa shape index (κ1) is 22.4. The molecule has 8 nitrogen and oxygen atoms in total. The fourth-order valence-electron chi connectivity index (χ4n) is 2.65. The Bertz CT molecular complexity index is 1250. The molecule has 3 rings (SSSR count). The third-order valence-electron chi connectivity index (χ3n) is 4.19. The fourth-order valence-corrected chi connectivity index (χ4v) is 2.91. The number of hydrogen-bond donors (Lipinski definition) is 1. The molecule has 0 fully saturated rings. The Hall–Kier alpha value is -4.29. The normalized spacial score (nSPS) is 10.7. The molecule has 9 heteroatoms. The minimum atomic E-state index is -0.868. The van der Waals surface area contributed by atoms with E-state index in [2.05, 4.69) is 21.2 Å². The van der Waals surface area contributed by atoms with Crippen LogP contribution in [0.25, 0.3) is 6.08 Å². The molecule has 0 aliphatic carbocycles. The molecule has 0 spiro atoms. The Morgan fingerprint density at radius 3 is 2.31 bits per heavy atom. The maximum atomic E-state index is 12.4. The number of benzene rings is 3. The van der Waals surface area contributed by atoms with Gasteiger partial charge in [-0.05, 0) is 54.1 Å². The Labute approximate surface area is 191 Å². The molecule has 0 aliphatic heterocycles. The first-order valence-electron chi connectivity index (χ1n) is 9.12. The van der Waals surface area contributed by atoms with E-state index < -0.39 is 16.8 Å². The molecule has 1 N–H and O–H groups in total. The molecule has 32 heavy (non-hydrogen) atoms. The molecule has 1 amide bonds. The van der Waals surface area contributed by atoms with Gasteiger partial charge in [-0.1, -0.05) is 40.2 Å². The number of nitro benzene ring substituents is 1. The number of para-hydroxylation sites is 1. The van der Waals surface area contributed by atoms with Gasteiger partial charge in [-0.15, -0.1) is 0 Å². The Balaban J connectivity index is 1.71. The van der Waals surface area contributed by atoms with Crippen molar-refractivity contribution in [2.24, 2.45) is 0 Å². The highest BCUT2D eigenvalue weighted by Crippen LogP contribution is 2.22. The first-order chi connectivity index (χ1) is 15.4. The van der Waals surface area contributed by atoms with Gasteiger partial charge >= 0.3 is 5.97 Å². The SMILES string of the molecule is N#C/C(=C/c1ccc(OC(=O)c2ccccc2[N+](=O)[O-])cc1)C(=O)Nc1ccc(Br)cc1. The lowest BCUT2D eigenvalue weighted by molar-refractivity contribution is -0.385. The Morgan fingerprint density at radius 1 is 1.03 bits per heavy atom. The summed E-state index contributed by atoms with van der Waals surface area (Å²) in [4.78, 5) is 35.1. The van der Waals surface area contributed by atoms with E-state index >= 15 is 0 Å². The van der Waals surface area contributed by atoms with Crippen LogP contribution in [0.5, 0.6) is 5.75 Å². The lowest BCUT2D eigenvalue weighted by Gasteiger charge is -2.06. The highest BCUT2D eigenvalue weighted by atomic mass is 79.9. The van der Waals surface area contributed by atoms with Crippen LogP contribution in [0.4, 0.5) is 11.4 Å². The molecule has 0 radical (unpaired) electrons. The van der Waals surface area contributed by atoms with E-state index in [9.17, 15) is 25.0 Å². The predicted molar refractivity (Wildman–Crippen MR) is 121 cm³/mol. The zero-order valence-corrected chi connectivity index (χ0v) is 17.9. The van der Waals surface area contributed by atoms with E-state index in [1.54, 1.807) is 36.4 Å². The molecular formula is C23H14BrN3O5. The summed E-state index contributed by atoms with van der Waals surface area (Å²) in [5.74, 6) is -1.28. The van der Waals surface area contributed by atoms with Gasteiger partial charge in [0.05, 0.1) is 4.92 Å². The van der Waals surface area contributed by atoms with E-state index in [1.807, 2.05) is 6.07 Å². The van der Waals surface area contributed by atoms with Crippen molar-refractivity contribution in [3.05, 3.63) is 104 Å². The van der Waals surface area contributed by atoms with E-state index in [0.717, 1.165) is 4.47 Å². The minimum Gasteiger partial charge on any atom is -0.423 e. The number of amides is 1. The van der Waals surface area contributed by atoms with Gasteiger partial charge in [0.25, 0.3) is 11.6 Å². The number of nitrogens with one attached hydrogen (secondary N) is 1. The van der Waals surface area contributed by atoms with Crippen LogP contribution in [0.3, 0.4) is 0 Å². The van der Waals surface area contributed by atoms with Crippen molar-refractivity contribution < 1.29 is 19.2 Å². The van der Waals surface area contributed by atoms with Gasteiger partial charge in [0, 0.05) is 16.2 Å². The van der Waals surface area contributed by atoms with E-state index in [1.165, 1.54) is 42.5 Å². The van der Waals surface area contributed by atoms with Crippen molar-refractivity contribution in [3.63, 3.8) is 0 Å². The van der Waals surface area contributed by atoms with Gasteiger partial charge < -0.3 is 10.1 Å². The van der Waals surface area contributed by atoms with Crippen LogP contribution in [0.1, 0.15) is 15.9 Å². The zero-order chi connectivity index (χ0) is 23.1. The molecule has 3 aromatic rings. The van der Waals surface area contributed by atoms with Crippen molar-refractivity contribution in [3.8, 4) is 11.8 Å². The van der Waals surface area contributed by atoms with E-state index in [4.69, 9.17) is 4.74 Å². The molecule has 158 valence electrons. The van der Waals surface area contributed by atoms with Crippen molar-refractivity contribution in [2.45, 2.75) is 0 Å². The van der Waals surface area contributed by atoms with E-state index in [0.29, 0.717) is 11.3 Å². The fraction of sp³-hybridized carbons (Fsp3) is 0. The second-order valence-corrected chi connectivity index (χ2v) is 7.28. The number of ether oxygens (including phenoxy) is 1. The number of nitriles is 1. The van der Waals surface area contributed by atoms with Gasteiger partial charge in [0.2, 0.25) is 0 Å². The van der Waals surface area contributed by atoms with Crippen molar-refractivity contribution in [1.82, 2.24) is 0 Å². The molecule has 0 heterocycles. The molecule has 0 saturated carbocycles. The highest BCUT2D eigenvalue weighted by molar-refractivity contribution is 9.10. The number of nitro groups is 1. The van der Waals surface area contributed by atoms with Crippen LogP contribution in [0, 0.1) is 21.4 Å². The van der Waals surface area contributed by atoms with Gasteiger partial charge in [-0.25, -0.2) is 4.79 Å². The minimum absolute atomic E-state index is 0.113. The number of rotatable bonds is 6. The maximum absolute atomic E-state index is 12.4. The van der Waals surface area contributed by atoms with Gasteiger partial charge in [0.1, 0.15) is 23.0 Å². The van der Waals surface area contributed by atoms with Crippen molar-refractivity contribution >= 4 is 45.3 Å². The summed E-state index contributed by atoms with van der Waals surface area (Å²) < 4.78 is 6.06. The number of esters is 1. The summed E-state index contributed by atoms with van der Waals surface area (Å²) in [5, 5.41) is 23.0. The van der Waals surface area contributed by atoms with Crippen LogP contribution >= 0.6 is 15.9 Å². The monoisotopic (exact) mass is 491 g/mol. The second-order valence-electron chi connectivity index (χ2n) is 6.36. The van der Waals surface area contributed by atoms with Gasteiger partial charge in [-0.3, -0.25) is 14.9 Å². The number of carbonyl (C=O) groups excluding carboxylic acids is 2. The summed E-state index contributed by atoms with van der Waals surface area (Å²) in [6, 6.07) is 20.2. The van der Waals surface area contributed by atoms with Crippen LogP contribution < -0.4 is 10.1 Å². The van der Waals surface area contributed by atoms with Crippen LogP contribution in [-0.2, 0) is 4.79 Å². The Kier molecular flexibility index (Phi) is 7.10. The number of nitrogens with zero attached hydrogens (tertiary/aromatic N) is 2. The average molecular weight is 492 g/mol. The zero-order valence-electron chi connectivity index (χ0n) is 16.3. The van der Waals surface area contributed by atoms with Gasteiger partial charge in [0.15, 0.2) is 0 Å². The number of halogens is 1. The number of carbonyl (C=O) groups is 2. The first-order valence-corrected chi connectivity index (χ1v) is 9.91. The quantitative estimate of drug-likeness (QED) is 0.127. The van der Waals surface area contributed by atoms with E-state index in [-0.39, 0.29) is 22.6 Å². The predicted octanol–water partition coefficient (Wildman–Crippen LogP) is 5.12. The van der Waals surface area contributed by atoms with Crippen molar-refractivity contribution in [1.29, 1.82) is 5.26 Å². The summed E-state index contributed by atoms with van der Waals surface area (Å²) in [7, 11) is 0. The highest BCUT2D eigenvalue weighted by Gasteiger charge is 2.21. The van der Waals surface area contributed by atoms with Crippen molar-refractivity contribution in [2.75, 3.05) is 5.32 Å². The number of hydrogen-bond acceptors (Lipinski definition) is 6. The third kappa shape index (κ3) is 5.65. The standard InChI is InChI=1S/C23H14BrN3O5/c24-17-7-9-18(10-8-17)26-22(28)16(14-25)13-15-5-11-19(12-6-15)32-23(29)20-3-1-2-4-21(20)27(30)31/h1-13H,(H,26,28)/b16-13-. The largest absolute Gasteiger partial charge is 0.423 e. The molecule has 0 aromatic heterocycles. The molecule has 0 bridgehead atoms. The summed E-state index contributed by atoms with van der Waals surface area (Å²) >= 11 is 3.30. The second kappa shape index (κ2) is 10.1. The molecule has 3 aromatic carbocycles. The van der Waals surface area contributed by atoms with Crippen LogP contribution in [0.15, 0.2) is 82.8 Å². The van der Waals surface area contributed by atoms with Crippen LogP contribution in [0.2, 0.25) is 0 Å². The Morgan fingerprint density at radius 2 is 1.69 bits per heavy atom. The molecular weight excluding hydrogens is 478 g/mol. The third-order valence-corrected chi connectivity index (χ3v) is 4.72. The molecule has 0 aliphatic rings. The summed E-state index contributed by atoms with van der Waals surface area (Å²) in [6.45, 7) is 0.